The number of hydrogen-bond acceptors (Lipinski definition) is 12. The third-order valence-corrected chi connectivity index (χ3v) is 10.7. The normalized spacial score (nSPS) is 14.4. The van der Waals surface area contributed by atoms with Gasteiger partial charge in [0, 0.05) is 30.8 Å². The standard InChI is InChI=1S/C38H36FN5O10S/c1-23-9-11-24(12-10-23)28-21-25(38(48)51-4)13-14-29(28)44(30-15-16-31(55(49,50)42(2)3)35-34(30)40-54-41-35)32(45)22-53-20-19-52-18-17-43-36(46)27-8-6-5-7-26(27)33(39)37(43)47/h5-16,21,33H,17-20,22H2,1-4H3. The van der Waals surface area contributed by atoms with Gasteiger partial charge in [-0.05, 0) is 59.2 Å². The van der Waals surface area contributed by atoms with E-state index in [2.05, 4.69) is 10.3 Å². The van der Waals surface area contributed by atoms with E-state index in [1.165, 1.54) is 56.4 Å². The van der Waals surface area contributed by atoms with Crippen molar-refractivity contribution >= 4 is 56.1 Å². The quantitative estimate of drug-likeness (QED) is 0.0870. The summed E-state index contributed by atoms with van der Waals surface area (Å²) >= 11 is 0. The Hall–Kier alpha value is -5.88. The summed E-state index contributed by atoms with van der Waals surface area (Å²) in [5, 5.41) is 7.84. The van der Waals surface area contributed by atoms with Gasteiger partial charge in [-0.25, -0.2) is 26.5 Å². The first-order valence-electron chi connectivity index (χ1n) is 16.9. The average molecular weight is 774 g/mol. The highest BCUT2D eigenvalue weighted by molar-refractivity contribution is 7.89. The van der Waals surface area contributed by atoms with Crippen LogP contribution in [-0.2, 0) is 33.8 Å². The number of fused-ring (bicyclic) bond motifs is 2. The van der Waals surface area contributed by atoms with Gasteiger partial charge >= 0.3 is 5.97 Å². The second-order valence-electron chi connectivity index (χ2n) is 12.6. The summed E-state index contributed by atoms with van der Waals surface area (Å²) in [5.41, 5.74) is 2.67. The molecular formula is C38H36FN5O10S. The lowest BCUT2D eigenvalue weighted by molar-refractivity contribution is -0.135. The Balaban J connectivity index is 1.25. The monoisotopic (exact) mass is 773 g/mol. The molecule has 17 heteroatoms. The molecule has 2 heterocycles. The third kappa shape index (κ3) is 7.72. The molecule has 286 valence electrons. The molecule has 5 aromatic rings. The van der Waals surface area contributed by atoms with Crippen molar-refractivity contribution in [2.24, 2.45) is 0 Å². The number of aromatic nitrogens is 2. The molecule has 0 saturated heterocycles. The SMILES string of the molecule is COC(=O)c1ccc(N(C(=O)COCCOCCN2C(=O)c3ccccc3C(F)C2=O)c2ccc(S(=O)(=O)N(C)C)c3nonc23)c(-c2ccc(C)cc2)c1. The largest absolute Gasteiger partial charge is 0.465 e. The van der Waals surface area contributed by atoms with Crippen LogP contribution in [0.25, 0.3) is 22.2 Å². The molecule has 3 amide bonds. The number of benzene rings is 4. The lowest BCUT2D eigenvalue weighted by Crippen LogP contribution is -2.45. The van der Waals surface area contributed by atoms with E-state index >= 15 is 0 Å². The van der Waals surface area contributed by atoms with Crippen molar-refractivity contribution in [2.45, 2.75) is 18.0 Å². The summed E-state index contributed by atoms with van der Waals surface area (Å²) in [4.78, 5) is 54.1. The van der Waals surface area contributed by atoms with E-state index in [1.54, 1.807) is 24.3 Å². The maximum absolute atomic E-state index is 14.7. The number of hydrogen-bond donors (Lipinski definition) is 0. The number of esters is 1. The van der Waals surface area contributed by atoms with Crippen LogP contribution >= 0.6 is 0 Å². The third-order valence-electron chi connectivity index (χ3n) is 8.88. The first-order chi connectivity index (χ1) is 26.3. The molecule has 1 aliphatic heterocycles. The molecule has 0 fully saturated rings. The highest BCUT2D eigenvalue weighted by Crippen LogP contribution is 2.40. The molecule has 0 aliphatic carbocycles. The highest BCUT2D eigenvalue weighted by atomic mass is 32.2. The maximum atomic E-state index is 14.7. The smallest absolute Gasteiger partial charge is 0.337 e. The minimum Gasteiger partial charge on any atom is -0.465 e. The van der Waals surface area contributed by atoms with Gasteiger partial charge in [0.15, 0.2) is 11.0 Å². The number of imide groups is 1. The van der Waals surface area contributed by atoms with Crippen LogP contribution in [-0.4, -0.2) is 106 Å². The molecule has 0 bridgehead atoms. The van der Waals surface area contributed by atoms with Crippen LogP contribution in [0, 0.1) is 6.92 Å². The van der Waals surface area contributed by atoms with Crippen LogP contribution in [0.3, 0.4) is 0 Å². The van der Waals surface area contributed by atoms with Gasteiger partial charge in [0.05, 0.1) is 50.4 Å². The van der Waals surface area contributed by atoms with E-state index < -0.39 is 46.5 Å². The Morgan fingerprint density at radius 2 is 1.56 bits per heavy atom. The Morgan fingerprint density at radius 3 is 2.29 bits per heavy atom. The number of carbonyl (C=O) groups is 4. The van der Waals surface area contributed by atoms with Gasteiger partial charge in [0.25, 0.3) is 17.7 Å². The number of ether oxygens (including phenoxy) is 3. The molecule has 1 unspecified atom stereocenters. The molecule has 1 aliphatic rings. The minimum atomic E-state index is -4.01. The maximum Gasteiger partial charge on any atom is 0.337 e. The molecule has 55 heavy (non-hydrogen) atoms. The first kappa shape index (κ1) is 38.8. The van der Waals surface area contributed by atoms with E-state index in [4.69, 9.17) is 18.8 Å². The summed E-state index contributed by atoms with van der Waals surface area (Å²) in [6.07, 6.45) is -1.96. The predicted octanol–water partition coefficient (Wildman–Crippen LogP) is 4.63. The van der Waals surface area contributed by atoms with Crippen molar-refractivity contribution in [2.75, 3.05) is 59.1 Å². The Kier molecular flexibility index (Phi) is 11.5. The van der Waals surface area contributed by atoms with E-state index in [1.807, 2.05) is 31.2 Å². The van der Waals surface area contributed by atoms with Crippen LogP contribution < -0.4 is 4.90 Å². The molecular weight excluding hydrogens is 738 g/mol. The number of carbonyl (C=O) groups excluding carboxylic acids is 4. The topological polar surface area (TPSA) is 179 Å². The molecule has 0 N–H and O–H groups in total. The summed E-state index contributed by atoms with van der Waals surface area (Å²) in [5.74, 6) is -2.81. The minimum absolute atomic E-state index is 0.0299. The molecule has 6 rings (SSSR count). The number of amides is 3. The van der Waals surface area contributed by atoms with Gasteiger partial charge in [-0.3, -0.25) is 24.2 Å². The second kappa shape index (κ2) is 16.2. The van der Waals surface area contributed by atoms with Crippen molar-refractivity contribution in [3.63, 3.8) is 0 Å². The number of sulfonamides is 1. The lowest BCUT2D eigenvalue weighted by atomic mass is 9.97. The summed E-state index contributed by atoms with van der Waals surface area (Å²) in [6, 6.07) is 20.7. The summed E-state index contributed by atoms with van der Waals surface area (Å²) in [6.45, 7) is 0.962. The zero-order chi connectivity index (χ0) is 39.4. The fraction of sp³-hybridized carbons (Fsp3) is 0.263. The fourth-order valence-electron chi connectivity index (χ4n) is 5.99. The van der Waals surface area contributed by atoms with E-state index in [0.717, 1.165) is 14.8 Å². The van der Waals surface area contributed by atoms with Crippen LogP contribution in [0.2, 0.25) is 0 Å². The average Bonchev–Trinajstić information content (AvgIpc) is 3.68. The molecule has 15 nitrogen and oxygen atoms in total. The Morgan fingerprint density at radius 1 is 0.873 bits per heavy atom. The van der Waals surface area contributed by atoms with E-state index in [-0.39, 0.29) is 70.4 Å². The Bertz CT molecular complexity index is 2380. The van der Waals surface area contributed by atoms with Crippen molar-refractivity contribution < 1.29 is 50.8 Å². The van der Waals surface area contributed by atoms with Crippen molar-refractivity contribution in [1.82, 2.24) is 19.5 Å². The van der Waals surface area contributed by atoms with Crippen molar-refractivity contribution in [3.05, 3.63) is 101 Å². The second-order valence-corrected chi connectivity index (χ2v) is 14.7. The molecule has 0 radical (unpaired) electrons. The zero-order valence-electron chi connectivity index (χ0n) is 30.2. The fourth-order valence-corrected chi connectivity index (χ4v) is 7.01. The van der Waals surface area contributed by atoms with Crippen LogP contribution in [0.15, 0.2) is 88.4 Å². The zero-order valence-corrected chi connectivity index (χ0v) is 31.0. The van der Waals surface area contributed by atoms with E-state index in [9.17, 15) is 32.0 Å². The number of aryl methyl sites for hydroxylation is 1. The molecule has 1 atom stereocenters. The van der Waals surface area contributed by atoms with Gasteiger partial charge in [-0.2, -0.15) is 0 Å². The number of alkyl halides is 1. The molecule has 4 aromatic carbocycles. The van der Waals surface area contributed by atoms with E-state index in [0.29, 0.717) is 11.1 Å². The molecule has 1 aromatic heterocycles. The molecule has 0 saturated carbocycles. The molecule has 0 spiro atoms. The highest BCUT2D eigenvalue weighted by Gasteiger charge is 2.38. The van der Waals surface area contributed by atoms with Gasteiger partial charge in [0.1, 0.15) is 11.5 Å². The lowest BCUT2D eigenvalue weighted by Gasteiger charge is -2.28. The van der Waals surface area contributed by atoms with Gasteiger partial charge in [0.2, 0.25) is 16.2 Å². The number of anilines is 2. The van der Waals surface area contributed by atoms with Crippen LogP contribution in [0.4, 0.5) is 15.8 Å². The van der Waals surface area contributed by atoms with Gasteiger partial charge in [-0.15, -0.1) is 0 Å². The number of nitrogens with zero attached hydrogens (tertiary/aromatic N) is 5. The summed E-state index contributed by atoms with van der Waals surface area (Å²) in [7, 11) is -0.0338. The van der Waals surface area contributed by atoms with Gasteiger partial charge < -0.3 is 14.2 Å². The summed E-state index contributed by atoms with van der Waals surface area (Å²) < 4.78 is 63.3. The van der Waals surface area contributed by atoms with Crippen LogP contribution in [0.5, 0.6) is 0 Å². The first-order valence-corrected chi connectivity index (χ1v) is 18.3. The van der Waals surface area contributed by atoms with Gasteiger partial charge in [-0.1, -0.05) is 48.0 Å². The van der Waals surface area contributed by atoms with Crippen molar-refractivity contribution in [1.29, 1.82) is 0 Å². The predicted molar refractivity (Wildman–Crippen MR) is 196 cm³/mol. The van der Waals surface area contributed by atoms with Crippen LogP contribution in [0.1, 0.15) is 38.0 Å². The van der Waals surface area contributed by atoms with Crippen molar-refractivity contribution in [3.8, 4) is 11.1 Å². The number of halogens is 1. The number of methoxy groups -OCH3 is 1. The Labute approximate surface area is 315 Å². The number of rotatable bonds is 14.